The van der Waals surface area contributed by atoms with Crippen molar-refractivity contribution in [1.82, 2.24) is 10.6 Å². The van der Waals surface area contributed by atoms with Crippen LogP contribution in [0.2, 0.25) is 0 Å². The van der Waals surface area contributed by atoms with Gasteiger partial charge in [-0.1, -0.05) is 6.42 Å². The summed E-state index contributed by atoms with van der Waals surface area (Å²) in [4.78, 5) is 22.8. The molecule has 1 aliphatic heterocycles. The van der Waals surface area contributed by atoms with Crippen LogP contribution in [0, 0.1) is 11.8 Å². The number of rotatable bonds is 4. The van der Waals surface area contributed by atoms with Gasteiger partial charge in [0, 0.05) is 25.8 Å². The Morgan fingerprint density at radius 1 is 1.16 bits per heavy atom. The van der Waals surface area contributed by atoms with Gasteiger partial charge in [-0.05, 0) is 31.6 Å². The summed E-state index contributed by atoms with van der Waals surface area (Å²) >= 11 is 0. The first-order valence-corrected chi connectivity index (χ1v) is 7.01. The molecule has 6 heteroatoms. The number of carbonyl (C=O) groups is 2. The second kappa shape index (κ2) is 6.75. The van der Waals surface area contributed by atoms with Crippen molar-refractivity contribution in [2.75, 3.05) is 19.8 Å². The normalized spacial score (nSPS) is 28.0. The van der Waals surface area contributed by atoms with Gasteiger partial charge >= 0.3 is 12.0 Å². The number of carbonyl (C=O) groups excluding carboxylic acids is 1. The van der Waals surface area contributed by atoms with E-state index in [-0.39, 0.29) is 23.9 Å². The number of carboxylic acid groups (broad SMARTS) is 1. The van der Waals surface area contributed by atoms with E-state index in [1.54, 1.807) is 0 Å². The molecule has 2 fully saturated rings. The maximum Gasteiger partial charge on any atom is 0.315 e. The standard InChI is InChI=1S/C13H22N2O4/c16-12(17)11-3-1-2-9(11)8-14-13(18)15-10-4-6-19-7-5-10/h9-11H,1-8H2,(H,16,17)(H2,14,15,18). The van der Waals surface area contributed by atoms with E-state index >= 15 is 0 Å². The second-order valence-corrected chi connectivity index (χ2v) is 5.38. The third-order valence-corrected chi connectivity index (χ3v) is 4.06. The highest BCUT2D eigenvalue weighted by Crippen LogP contribution is 2.31. The monoisotopic (exact) mass is 270 g/mol. The molecule has 0 aromatic carbocycles. The maximum absolute atomic E-state index is 11.7. The van der Waals surface area contributed by atoms with Gasteiger partial charge in [0.25, 0.3) is 0 Å². The minimum atomic E-state index is -0.742. The highest BCUT2D eigenvalue weighted by Gasteiger charge is 2.32. The molecule has 0 radical (unpaired) electrons. The molecule has 1 heterocycles. The molecule has 2 amide bonds. The Morgan fingerprint density at radius 3 is 2.58 bits per heavy atom. The molecule has 0 bridgehead atoms. The van der Waals surface area contributed by atoms with E-state index in [2.05, 4.69) is 10.6 Å². The average Bonchev–Trinajstić information content (AvgIpc) is 2.86. The third-order valence-electron chi connectivity index (χ3n) is 4.06. The summed E-state index contributed by atoms with van der Waals surface area (Å²) in [5, 5.41) is 14.8. The Labute approximate surface area is 112 Å². The fourth-order valence-electron chi connectivity index (χ4n) is 2.91. The molecule has 1 aliphatic carbocycles. The summed E-state index contributed by atoms with van der Waals surface area (Å²) in [5.41, 5.74) is 0. The third kappa shape index (κ3) is 4.09. The largest absolute Gasteiger partial charge is 0.481 e. The van der Waals surface area contributed by atoms with Gasteiger partial charge in [-0.2, -0.15) is 0 Å². The fraction of sp³-hybridized carbons (Fsp3) is 0.846. The van der Waals surface area contributed by atoms with Crippen molar-refractivity contribution < 1.29 is 19.4 Å². The van der Waals surface area contributed by atoms with Crippen LogP contribution in [0.3, 0.4) is 0 Å². The summed E-state index contributed by atoms with van der Waals surface area (Å²) in [6.45, 7) is 1.83. The molecule has 1 saturated carbocycles. The predicted octanol–water partition coefficient (Wildman–Crippen LogP) is 0.965. The molecule has 0 spiro atoms. The Hall–Kier alpha value is -1.30. The second-order valence-electron chi connectivity index (χ2n) is 5.38. The average molecular weight is 270 g/mol. The van der Waals surface area contributed by atoms with Crippen molar-refractivity contribution in [3.63, 3.8) is 0 Å². The minimum Gasteiger partial charge on any atom is -0.481 e. The highest BCUT2D eigenvalue weighted by atomic mass is 16.5. The topological polar surface area (TPSA) is 87.7 Å². The summed E-state index contributed by atoms with van der Waals surface area (Å²) in [5.74, 6) is -0.976. The van der Waals surface area contributed by atoms with Crippen molar-refractivity contribution in [3.8, 4) is 0 Å². The van der Waals surface area contributed by atoms with Gasteiger partial charge in [0.1, 0.15) is 0 Å². The molecule has 0 aromatic heterocycles. The zero-order valence-electron chi connectivity index (χ0n) is 11.1. The number of nitrogens with one attached hydrogen (secondary N) is 2. The van der Waals surface area contributed by atoms with E-state index in [9.17, 15) is 9.59 Å². The molecule has 2 atom stereocenters. The molecule has 6 nitrogen and oxygen atoms in total. The first-order chi connectivity index (χ1) is 9.16. The zero-order valence-corrected chi connectivity index (χ0v) is 11.1. The molecule has 2 aliphatic rings. The Kier molecular flexibility index (Phi) is 5.01. The van der Waals surface area contributed by atoms with Gasteiger partial charge in [-0.15, -0.1) is 0 Å². The first-order valence-electron chi connectivity index (χ1n) is 7.01. The molecular weight excluding hydrogens is 248 g/mol. The number of urea groups is 1. The van der Waals surface area contributed by atoms with Crippen LogP contribution in [0.1, 0.15) is 32.1 Å². The number of amides is 2. The van der Waals surface area contributed by atoms with Crippen molar-refractivity contribution in [2.45, 2.75) is 38.1 Å². The van der Waals surface area contributed by atoms with Crippen LogP contribution in [0.5, 0.6) is 0 Å². The summed E-state index contributed by atoms with van der Waals surface area (Å²) in [6, 6.07) is -0.0180. The lowest BCUT2D eigenvalue weighted by atomic mass is 9.96. The maximum atomic E-state index is 11.7. The van der Waals surface area contributed by atoms with Gasteiger partial charge in [-0.25, -0.2) is 4.79 Å². The van der Waals surface area contributed by atoms with Gasteiger partial charge < -0.3 is 20.5 Å². The SMILES string of the molecule is O=C(NCC1CCCC1C(=O)O)NC1CCOCC1. The van der Waals surface area contributed by atoms with Gasteiger partial charge in [0.05, 0.1) is 5.92 Å². The molecule has 108 valence electrons. The van der Waals surface area contributed by atoms with E-state index in [4.69, 9.17) is 9.84 Å². The van der Waals surface area contributed by atoms with Gasteiger partial charge in [-0.3, -0.25) is 4.79 Å². The lowest BCUT2D eigenvalue weighted by Gasteiger charge is -2.24. The molecule has 1 saturated heterocycles. The highest BCUT2D eigenvalue weighted by molar-refractivity contribution is 5.74. The van der Waals surface area contributed by atoms with Crippen LogP contribution in [-0.2, 0) is 9.53 Å². The van der Waals surface area contributed by atoms with Crippen molar-refractivity contribution >= 4 is 12.0 Å². The summed E-state index contributed by atoms with van der Waals surface area (Å²) in [6.07, 6.45) is 4.23. The molecular formula is C13H22N2O4. The Bertz CT molecular complexity index is 329. The molecule has 19 heavy (non-hydrogen) atoms. The molecule has 2 unspecified atom stereocenters. The molecule has 0 aromatic rings. The summed E-state index contributed by atoms with van der Waals surface area (Å²) in [7, 11) is 0. The predicted molar refractivity (Wildman–Crippen MR) is 68.8 cm³/mol. The first kappa shape index (κ1) is 14.1. The number of hydrogen-bond acceptors (Lipinski definition) is 3. The molecule has 3 N–H and O–H groups in total. The van der Waals surface area contributed by atoms with Crippen LogP contribution < -0.4 is 10.6 Å². The quantitative estimate of drug-likeness (QED) is 0.710. The molecule has 2 rings (SSSR count). The van der Waals surface area contributed by atoms with E-state index < -0.39 is 5.97 Å². The lowest BCUT2D eigenvalue weighted by Crippen LogP contribution is -2.46. The van der Waals surface area contributed by atoms with Gasteiger partial charge in [0.15, 0.2) is 0 Å². The van der Waals surface area contributed by atoms with Gasteiger partial charge in [0.2, 0.25) is 0 Å². The van der Waals surface area contributed by atoms with Crippen molar-refractivity contribution in [3.05, 3.63) is 0 Å². The smallest absolute Gasteiger partial charge is 0.315 e. The van der Waals surface area contributed by atoms with Crippen LogP contribution in [-0.4, -0.2) is 42.9 Å². The number of carboxylic acids is 1. The van der Waals surface area contributed by atoms with E-state index in [1.165, 1.54) is 0 Å². The van der Waals surface area contributed by atoms with E-state index in [0.717, 1.165) is 32.1 Å². The van der Waals surface area contributed by atoms with Crippen LogP contribution in [0.15, 0.2) is 0 Å². The Balaban J connectivity index is 1.69. The van der Waals surface area contributed by atoms with E-state index in [1.807, 2.05) is 0 Å². The Morgan fingerprint density at radius 2 is 1.89 bits per heavy atom. The van der Waals surface area contributed by atoms with Crippen LogP contribution in [0.25, 0.3) is 0 Å². The van der Waals surface area contributed by atoms with E-state index in [0.29, 0.717) is 19.8 Å². The number of hydrogen-bond donors (Lipinski definition) is 3. The van der Waals surface area contributed by atoms with Crippen LogP contribution >= 0.6 is 0 Å². The number of ether oxygens (including phenoxy) is 1. The summed E-state index contributed by atoms with van der Waals surface area (Å²) < 4.78 is 5.23. The zero-order chi connectivity index (χ0) is 13.7. The van der Waals surface area contributed by atoms with Crippen molar-refractivity contribution in [1.29, 1.82) is 0 Å². The number of aliphatic carboxylic acids is 1. The van der Waals surface area contributed by atoms with Crippen LogP contribution in [0.4, 0.5) is 4.79 Å². The lowest BCUT2D eigenvalue weighted by molar-refractivity contribution is -0.142. The fourth-order valence-corrected chi connectivity index (χ4v) is 2.91. The van der Waals surface area contributed by atoms with Crippen molar-refractivity contribution in [2.24, 2.45) is 11.8 Å². The minimum absolute atomic E-state index is 0.0675.